The van der Waals surface area contributed by atoms with E-state index in [1.54, 1.807) is 24.3 Å². The highest BCUT2D eigenvalue weighted by molar-refractivity contribution is 7.89. The van der Waals surface area contributed by atoms with E-state index < -0.39 is 10.0 Å². The Kier molecular flexibility index (Phi) is 7.99. The van der Waals surface area contributed by atoms with Crippen molar-refractivity contribution in [3.63, 3.8) is 0 Å². The monoisotopic (exact) mass is 471 g/mol. The van der Waals surface area contributed by atoms with Gasteiger partial charge in [0.25, 0.3) is 5.91 Å². The van der Waals surface area contributed by atoms with E-state index in [9.17, 15) is 22.8 Å². The minimum Gasteiger partial charge on any atom is -0.339 e. The van der Waals surface area contributed by atoms with Crippen molar-refractivity contribution in [3.8, 4) is 0 Å². The van der Waals surface area contributed by atoms with Crippen LogP contribution in [0.15, 0.2) is 53.4 Å². The highest BCUT2D eigenvalue weighted by Gasteiger charge is 2.21. The number of benzene rings is 2. The van der Waals surface area contributed by atoms with Crippen molar-refractivity contribution in [3.05, 3.63) is 59.7 Å². The SMILES string of the molecule is CC(=O)c1ccc(S(=O)(=O)N(C)CCCC(=O)Nc2cccc(C(=O)N3CCCC3)c2)cc1. The fourth-order valence-corrected chi connectivity index (χ4v) is 4.89. The quantitative estimate of drug-likeness (QED) is 0.566. The largest absolute Gasteiger partial charge is 0.339 e. The number of sulfonamides is 1. The average molecular weight is 472 g/mol. The number of amides is 2. The lowest BCUT2D eigenvalue weighted by Crippen LogP contribution is -2.28. The molecule has 2 aromatic rings. The van der Waals surface area contributed by atoms with Crippen LogP contribution in [0.3, 0.4) is 0 Å². The molecule has 33 heavy (non-hydrogen) atoms. The summed E-state index contributed by atoms with van der Waals surface area (Å²) in [6.45, 7) is 3.10. The van der Waals surface area contributed by atoms with E-state index in [1.165, 1.54) is 42.5 Å². The van der Waals surface area contributed by atoms with Crippen molar-refractivity contribution in [2.45, 2.75) is 37.5 Å². The molecular weight excluding hydrogens is 442 g/mol. The van der Waals surface area contributed by atoms with Gasteiger partial charge in [0.15, 0.2) is 5.78 Å². The third kappa shape index (κ3) is 6.27. The lowest BCUT2D eigenvalue weighted by Gasteiger charge is -2.17. The van der Waals surface area contributed by atoms with Gasteiger partial charge in [-0.15, -0.1) is 0 Å². The van der Waals surface area contributed by atoms with Crippen molar-refractivity contribution >= 4 is 33.3 Å². The summed E-state index contributed by atoms with van der Waals surface area (Å²) in [6, 6.07) is 12.6. The number of hydrogen-bond acceptors (Lipinski definition) is 5. The number of carbonyl (C=O) groups is 3. The molecule has 2 amide bonds. The highest BCUT2D eigenvalue weighted by atomic mass is 32.2. The summed E-state index contributed by atoms with van der Waals surface area (Å²) < 4.78 is 26.6. The summed E-state index contributed by atoms with van der Waals surface area (Å²) >= 11 is 0. The minimum atomic E-state index is -3.71. The Balaban J connectivity index is 1.51. The van der Waals surface area contributed by atoms with Gasteiger partial charge in [-0.25, -0.2) is 12.7 Å². The maximum Gasteiger partial charge on any atom is 0.253 e. The number of rotatable bonds is 9. The van der Waals surface area contributed by atoms with Gasteiger partial charge in [-0.2, -0.15) is 0 Å². The Hall–Kier alpha value is -3.04. The standard InChI is InChI=1S/C24H29N3O5S/c1-18(28)19-10-12-22(13-11-19)33(31,32)26(2)14-6-9-23(29)25-21-8-5-7-20(17-21)24(30)27-15-3-4-16-27/h5,7-8,10-13,17H,3-4,6,9,14-16H2,1-2H3,(H,25,29). The Morgan fingerprint density at radius 1 is 1.00 bits per heavy atom. The fourth-order valence-electron chi connectivity index (χ4n) is 3.68. The van der Waals surface area contributed by atoms with Gasteiger partial charge in [-0.3, -0.25) is 14.4 Å². The van der Waals surface area contributed by atoms with E-state index >= 15 is 0 Å². The zero-order valence-electron chi connectivity index (χ0n) is 18.9. The lowest BCUT2D eigenvalue weighted by atomic mass is 10.1. The third-order valence-electron chi connectivity index (χ3n) is 5.63. The van der Waals surface area contributed by atoms with Gasteiger partial charge >= 0.3 is 0 Å². The summed E-state index contributed by atoms with van der Waals surface area (Å²) in [4.78, 5) is 38.2. The minimum absolute atomic E-state index is 0.0354. The van der Waals surface area contributed by atoms with Gasteiger partial charge in [0.2, 0.25) is 15.9 Å². The predicted molar refractivity (Wildman–Crippen MR) is 126 cm³/mol. The number of anilines is 1. The van der Waals surface area contributed by atoms with Gasteiger partial charge in [0, 0.05) is 49.9 Å². The molecule has 1 saturated heterocycles. The predicted octanol–water partition coefficient (Wildman–Crippen LogP) is 3.16. The van der Waals surface area contributed by atoms with E-state index in [1.807, 2.05) is 4.90 Å². The van der Waals surface area contributed by atoms with Gasteiger partial charge in [-0.05, 0) is 56.5 Å². The topological polar surface area (TPSA) is 104 Å². The molecule has 8 nitrogen and oxygen atoms in total. The molecule has 1 N–H and O–H groups in total. The molecule has 9 heteroatoms. The molecule has 0 atom stereocenters. The number of hydrogen-bond donors (Lipinski definition) is 1. The van der Waals surface area contributed by atoms with Crippen LogP contribution in [0.4, 0.5) is 5.69 Å². The molecule has 0 unspecified atom stereocenters. The molecule has 0 radical (unpaired) electrons. The van der Waals surface area contributed by atoms with Crippen LogP contribution < -0.4 is 5.32 Å². The first-order chi connectivity index (χ1) is 15.7. The first kappa shape index (κ1) is 24.6. The number of nitrogens with one attached hydrogen (secondary N) is 1. The number of Topliss-reactive ketones (excluding diaryl/α,β-unsaturated/α-hetero) is 1. The van der Waals surface area contributed by atoms with Crippen molar-refractivity contribution in [2.24, 2.45) is 0 Å². The van der Waals surface area contributed by atoms with Crippen LogP contribution in [0.25, 0.3) is 0 Å². The molecule has 176 valence electrons. The van der Waals surface area contributed by atoms with Gasteiger partial charge in [0.05, 0.1) is 4.90 Å². The second-order valence-electron chi connectivity index (χ2n) is 8.14. The molecular formula is C24H29N3O5S. The molecule has 0 spiro atoms. The van der Waals surface area contributed by atoms with Gasteiger partial charge in [-0.1, -0.05) is 18.2 Å². The third-order valence-corrected chi connectivity index (χ3v) is 7.50. The molecule has 1 heterocycles. The first-order valence-corrected chi connectivity index (χ1v) is 12.4. The second kappa shape index (κ2) is 10.7. The molecule has 2 aromatic carbocycles. The molecule has 0 bridgehead atoms. The molecule has 1 aliphatic rings. The number of likely N-dealkylation sites (tertiary alicyclic amines) is 1. The number of carbonyl (C=O) groups excluding carboxylic acids is 3. The zero-order chi connectivity index (χ0) is 24.0. The summed E-state index contributed by atoms with van der Waals surface area (Å²) in [7, 11) is -2.26. The van der Waals surface area contributed by atoms with Gasteiger partial charge in [0.1, 0.15) is 0 Å². The first-order valence-electron chi connectivity index (χ1n) is 10.9. The van der Waals surface area contributed by atoms with Crippen molar-refractivity contribution < 1.29 is 22.8 Å². The molecule has 1 aliphatic heterocycles. The smallest absolute Gasteiger partial charge is 0.253 e. The van der Waals surface area contributed by atoms with Gasteiger partial charge < -0.3 is 10.2 Å². The van der Waals surface area contributed by atoms with Crippen LogP contribution >= 0.6 is 0 Å². The zero-order valence-corrected chi connectivity index (χ0v) is 19.7. The number of nitrogens with zero attached hydrogens (tertiary/aromatic N) is 2. The Morgan fingerprint density at radius 3 is 2.30 bits per heavy atom. The van der Waals surface area contributed by atoms with Crippen molar-refractivity contribution in [1.82, 2.24) is 9.21 Å². The van der Waals surface area contributed by atoms with E-state index in [0.717, 1.165) is 25.9 Å². The van der Waals surface area contributed by atoms with E-state index in [4.69, 9.17) is 0 Å². The van der Waals surface area contributed by atoms with Crippen LogP contribution in [-0.2, 0) is 14.8 Å². The molecule has 1 fully saturated rings. The van der Waals surface area contributed by atoms with E-state index in [2.05, 4.69) is 5.32 Å². The Labute approximate surface area is 194 Å². The van der Waals surface area contributed by atoms with Crippen molar-refractivity contribution in [1.29, 1.82) is 0 Å². The van der Waals surface area contributed by atoms with Crippen LogP contribution in [-0.4, -0.2) is 61.9 Å². The summed E-state index contributed by atoms with van der Waals surface area (Å²) in [6.07, 6.45) is 2.49. The van der Waals surface area contributed by atoms with Crippen LogP contribution in [0.2, 0.25) is 0 Å². The van der Waals surface area contributed by atoms with Crippen LogP contribution in [0.5, 0.6) is 0 Å². The highest BCUT2D eigenvalue weighted by Crippen LogP contribution is 2.18. The molecule has 0 saturated carbocycles. The van der Waals surface area contributed by atoms with Crippen LogP contribution in [0, 0.1) is 0 Å². The Morgan fingerprint density at radius 2 is 1.67 bits per heavy atom. The van der Waals surface area contributed by atoms with Crippen LogP contribution in [0.1, 0.15) is 53.3 Å². The normalized spacial score (nSPS) is 13.8. The number of ketones is 1. The second-order valence-corrected chi connectivity index (χ2v) is 10.2. The fraction of sp³-hybridized carbons (Fsp3) is 0.375. The van der Waals surface area contributed by atoms with E-state index in [-0.39, 0.29) is 35.5 Å². The van der Waals surface area contributed by atoms with Crippen molar-refractivity contribution in [2.75, 3.05) is 32.0 Å². The summed E-state index contributed by atoms with van der Waals surface area (Å²) in [5.41, 5.74) is 1.52. The molecule has 0 aromatic heterocycles. The summed E-state index contributed by atoms with van der Waals surface area (Å²) in [5, 5.41) is 2.78. The molecule has 0 aliphatic carbocycles. The lowest BCUT2D eigenvalue weighted by molar-refractivity contribution is -0.116. The average Bonchev–Trinajstić information content (AvgIpc) is 3.33. The maximum absolute atomic E-state index is 12.7. The molecule has 3 rings (SSSR count). The Bertz CT molecular complexity index is 1120. The maximum atomic E-state index is 12.7. The van der Waals surface area contributed by atoms with E-state index in [0.29, 0.717) is 23.2 Å². The summed E-state index contributed by atoms with van der Waals surface area (Å²) in [5.74, 6) is -0.423.